The highest BCUT2D eigenvalue weighted by Crippen LogP contribution is 2.16. The maximum atomic E-state index is 12.3. The van der Waals surface area contributed by atoms with Crippen LogP contribution in [0.5, 0.6) is 5.75 Å². The highest BCUT2D eigenvalue weighted by Gasteiger charge is 2.16. The summed E-state index contributed by atoms with van der Waals surface area (Å²) in [7, 11) is 1.56. The molecule has 0 aliphatic heterocycles. The molecule has 0 aliphatic carbocycles. The van der Waals surface area contributed by atoms with Gasteiger partial charge >= 0.3 is 0 Å². The third-order valence-corrected chi connectivity index (χ3v) is 3.76. The van der Waals surface area contributed by atoms with Gasteiger partial charge in [-0.2, -0.15) is 0 Å². The molecule has 0 aromatic heterocycles. The van der Waals surface area contributed by atoms with Crippen LogP contribution in [0.3, 0.4) is 0 Å². The number of benzene rings is 2. The monoisotopic (exact) mass is 356 g/mol. The van der Waals surface area contributed by atoms with Gasteiger partial charge in [0.15, 0.2) is 0 Å². The standard InChI is InChI=1S/C20H24N2O4/c1-3-22(20(24)15-26-14-16-8-5-4-6-9-16)13-19(23)21-17-10-7-11-18(12-17)25-2/h4-12H,3,13-15H2,1-2H3,(H,21,23). The Morgan fingerprint density at radius 2 is 1.85 bits per heavy atom. The first kappa shape index (κ1) is 19.5. The second-order valence-corrected chi connectivity index (χ2v) is 5.67. The molecule has 6 nitrogen and oxygen atoms in total. The minimum atomic E-state index is -0.267. The van der Waals surface area contributed by atoms with Crippen LogP contribution in [-0.2, 0) is 20.9 Å². The number of methoxy groups -OCH3 is 1. The van der Waals surface area contributed by atoms with E-state index in [1.165, 1.54) is 4.90 Å². The Morgan fingerprint density at radius 1 is 1.08 bits per heavy atom. The van der Waals surface area contributed by atoms with Gasteiger partial charge in [0.1, 0.15) is 12.4 Å². The Balaban J connectivity index is 1.80. The fourth-order valence-corrected chi connectivity index (χ4v) is 2.37. The van der Waals surface area contributed by atoms with Crippen LogP contribution in [0.15, 0.2) is 54.6 Å². The normalized spacial score (nSPS) is 10.2. The molecule has 0 heterocycles. The predicted molar refractivity (Wildman–Crippen MR) is 100.0 cm³/mol. The van der Waals surface area contributed by atoms with Crippen LogP contribution in [0, 0.1) is 0 Å². The molecular formula is C20H24N2O4. The number of hydrogen-bond acceptors (Lipinski definition) is 4. The van der Waals surface area contributed by atoms with Crippen LogP contribution in [-0.4, -0.2) is 43.5 Å². The molecular weight excluding hydrogens is 332 g/mol. The topological polar surface area (TPSA) is 67.9 Å². The lowest BCUT2D eigenvalue weighted by molar-refractivity contribution is -0.139. The van der Waals surface area contributed by atoms with Crippen molar-refractivity contribution in [1.82, 2.24) is 4.90 Å². The summed E-state index contributed by atoms with van der Waals surface area (Å²) in [5, 5.41) is 2.76. The average molecular weight is 356 g/mol. The lowest BCUT2D eigenvalue weighted by Crippen LogP contribution is -2.39. The van der Waals surface area contributed by atoms with Crippen LogP contribution in [0.4, 0.5) is 5.69 Å². The summed E-state index contributed by atoms with van der Waals surface area (Å²) in [6.07, 6.45) is 0. The smallest absolute Gasteiger partial charge is 0.249 e. The lowest BCUT2D eigenvalue weighted by atomic mass is 10.2. The third kappa shape index (κ3) is 6.22. The number of anilines is 1. The second kappa shape index (κ2) is 10.2. The van der Waals surface area contributed by atoms with Gasteiger partial charge in [0.05, 0.1) is 20.3 Å². The van der Waals surface area contributed by atoms with Gasteiger partial charge in [-0.05, 0) is 24.6 Å². The van der Waals surface area contributed by atoms with Crippen LogP contribution in [0.1, 0.15) is 12.5 Å². The Bertz CT molecular complexity index is 719. The van der Waals surface area contributed by atoms with Crippen molar-refractivity contribution in [3.8, 4) is 5.75 Å². The van der Waals surface area contributed by atoms with Crippen LogP contribution in [0.25, 0.3) is 0 Å². The van der Waals surface area contributed by atoms with Gasteiger partial charge < -0.3 is 19.7 Å². The van der Waals surface area contributed by atoms with E-state index in [0.717, 1.165) is 5.56 Å². The maximum absolute atomic E-state index is 12.3. The number of nitrogens with one attached hydrogen (secondary N) is 1. The van der Waals surface area contributed by atoms with E-state index < -0.39 is 0 Å². The fourth-order valence-electron chi connectivity index (χ4n) is 2.37. The minimum absolute atomic E-state index is 0.0265. The maximum Gasteiger partial charge on any atom is 0.249 e. The number of nitrogens with zero attached hydrogens (tertiary/aromatic N) is 1. The summed E-state index contributed by atoms with van der Waals surface area (Å²) in [6.45, 7) is 2.53. The number of carbonyl (C=O) groups excluding carboxylic acids is 2. The molecule has 0 saturated heterocycles. The van der Waals surface area contributed by atoms with Crippen molar-refractivity contribution in [2.45, 2.75) is 13.5 Å². The fraction of sp³-hybridized carbons (Fsp3) is 0.300. The van der Waals surface area contributed by atoms with E-state index >= 15 is 0 Å². The summed E-state index contributed by atoms with van der Waals surface area (Å²) in [4.78, 5) is 25.9. The zero-order valence-electron chi connectivity index (χ0n) is 15.1. The number of likely N-dealkylation sites (N-methyl/N-ethyl adjacent to an activating group) is 1. The van der Waals surface area contributed by atoms with E-state index in [4.69, 9.17) is 9.47 Å². The molecule has 0 bridgehead atoms. The molecule has 26 heavy (non-hydrogen) atoms. The molecule has 1 N–H and O–H groups in total. The average Bonchev–Trinajstić information content (AvgIpc) is 2.67. The number of ether oxygens (including phenoxy) is 2. The first-order chi connectivity index (χ1) is 12.6. The van der Waals surface area contributed by atoms with Crippen molar-refractivity contribution >= 4 is 17.5 Å². The van der Waals surface area contributed by atoms with Crippen molar-refractivity contribution in [3.63, 3.8) is 0 Å². The summed E-state index contributed by atoms with van der Waals surface area (Å²) in [5.41, 5.74) is 1.62. The van der Waals surface area contributed by atoms with Gasteiger partial charge in [-0.25, -0.2) is 0 Å². The number of rotatable bonds is 9. The van der Waals surface area contributed by atoms with Gasteiger partial charge in [-0.3, -0.25) is 9.59 Å². The molecule has 0 saturated carbocycles. The van der Waals surface area contributed by atoms with Crippen molar-refractivity contribution in [1.29, 1.82) is 0 Å². The molecule has 2 aromatic carbocycles. The van der Waals surface area contributed by atoms with Gasteiger partial charge in [-0.15, -0.1) is 0 Å². The molecule has 138 valence electrons. The van der Waals surface area contributed by atoms with E-state index in [1.807, 2.05) is 37.3 Å². The molecule has 0 unspecified atom stereocenters. The number of amides is 2. The van der Waals surface area contributed by atoms with Crippen LogP contribution >= 0.6 is 0 Å². The van der Waals surface area contributed by atoms with Crippen molar-refractivity contribution in [3.05, 3.63) is 60.2 Å². The van der Waals surface area contributed by atoms with Gasteiger partial charge in [0.2, 0.25) is 11.8 Å². The SMILES string of the molecule is CCN(CC(=O)Nc1cccc(OC)c1)C(=O)COCc1ccccc1. The van der Waals surface area contributed by atoms with Crippen molar-refractivity contribution in [2.24, 2.45) is 0 Å². The molecule has 0 spiro atoms. The largest absolute Gasteiger partial charge is 0.497 e. The molecule has 0 aliphatic rings. The highest BCUT2D eigenvalue weighted by molar-refractivity contribution is 5.94. The molecule has 6 heteroatoms. The molecule has 2 rings (SSSR count). The Morgan fingerprint density at radius 3 is 2.54 bits per heavy atom. The van der Waals surface area contributed by atoms with Gasteiger partial charge in [-0.1, -0.05) is 36.4 Å². The second-order valence-electron chi connectivity index (χ2n) is 5.67. The van der Waals surface area contributed by atoms with Crippen LogP contribution in [0.2, 0.25) is 0 Å². The minimum Gasteiger partial charge on any atom is -0.497 e. The van der Waals surface area contributed by atoms with E-state index in [9.17, 15) is 9.59 Å². The Kier molecular flexibility index (Phi) is 7.64. The molecule has 0 radical (unpaired) electrons. The summed E-state index contributed by atoms with van der Waals surface area (Å²) < 4.78 is 10.6. The molecule has 2 amide bonds. The number of carbonyl (C=O) groups is 2. The molecule has 0 fully saturated rings. The molecule has 2 aromatic rings. The first-order valence-electron chi connectivity index (χ1n) is 8.45. The van der Waals surface area contributed by atoms with E-state index in [-0.39, 0.29) is 25.0 Å². The third-order valence-electron chi connectivity index (χ3n) is 3.76. The zero-order chi connectivity index (χ0) is 18.8. The summed E-state index contributed by atoms with van der Waals surface area (Å²) in [5.74, 6) is 0.168. The first-order valence-corrected chi connectivity index (χ1v) is 8.45. The lowest BCUT2D eigenvalue weighted by Gasteiger charge is -2.20. The van der Waals surface area contributed by atoms with Gasteiger partial charge in [0, 0.05) is 18.3 Å². The Hall–Kier alpha value is -2.86. The van der Waals surface area contributed by atoms with E-state index in [2.05, 4.69) is 5.32 Å². The highest BCUT2D eigenvalue weighted by atomic mass is 16.5. The van der Waals surface area contributed by atoms with E-state index in [1.54, 1.807) is 31.4 Å². The van der Waals surface area contributed by atoms with E-state index in [0.29, 0.717) is 24.6 Å². The summed E-state index contributed by atoms with van der Waals surface area (Å²) >= 11 is 0. The van der Waals surface area contributed by atoms with Crippen molar-refractivity contribution < 1.29 is 19.1 Å². The molecule has 0 atom stereocenters. The predicted octanol–water partition coefficient (Wildman–Crippen LogP) is 2.70. The van der Waals surface area contributed by atoms with Gasteiger partial charge in [0.25, 0.3) is 0 Å². The quantitative estimate of drug-likeness (QED) is 0.750. The summed E-state index contributed by atoms with van der Waals surface area (Å²) in [6, 6.07) is 16.7. The van der Waals surface area contributed by atoms with Crippen molar-refractivity contribution in [2.75, 3.05) is 32.1 Å². The Labute approximate surface area is 153 Å². The zero-order valence-corrected chi connectivity index (χ0v) is 15.1. The number of hydrogen-bond donors (Lipinski definition) is 1. The van der Waals surface area contributed by atoms with Crippen LogP contribution < -0.4 is 10.1 Å².